The second kappa shape index (κ2) is 13.6. The number of hydrogen-bond donors (Lipinski definition) is 0. The smallest absolute Gasteiger partial charge is 0.248 e. The van der Waals surface area contributed by atoms with Crippen molar-refractivity contribution in [1.82, 2.24) is 24.9 Å². The highest BCUT2D eigenvalue weighted by Gasteiger charge is 2.39. The summed E-state index contributed by atoms with van der Waals surface area (Å²) in [7, 11) is 0. The van der Waals surface area contributed by atoms with Crippen molar-refractivity contribution in [3.8, 4) is 51.9 Å². The van der Waals surface area contributed by atoms with Gasteiger partial charge in [-0.2, -0.15) is 4.68 Å². The number of aryl methyl sites for hydroxylation is 1. The minimum absolute atomic E-state index is 0.215. The van der Waals surface area contributed by atoms with Crippen LogP contribution in [0.4, 0.5) is 0 Å². The molecule has 8 heteroatoms. The molecule has 0 N–H and O–H groups in total. The molecule has 1 unspecified atom stereocenters. The normalized spacial score (nSPS) is 19.3. The van der Waals surface area contributed by atoms with E-state index in [2.05, 4.69) is 111 Å². The Hall–Kier alpha value is -5.18. The molecule has 9 rings (SSSR count). The third-order valence-electron chi connectivity index (χ3n) is 10.2. The minimum Gasteiger partial charge on any atom is -0.486 e. The van der Waals surface area contributed by atoms with Crippen molar-refractivity contribution in [2.45, 2.75) is 70.2 Å². The third-order valence-corrected chi connectivity index (χ3v) is 10.2. The van der Waals surface area contributed by atoms with Crippen molar-refractivity contribution in [3.05, 3.63) is 102 Å². The molecule has 2 saturated carbocycles. The van der Waals surface area contributed by atoms with Crippen molar-refractivity contribution in [1.29, 1.82) is 0 Å². The summed E-state index contributed by atoms with van der Waals surface area (Å²) < 4.78 is 16.7. The Labute approximate surface area is 293 Å². The van der Waals surface area contributed by atoms with Gasteiger partial charge in [-0.1, -0.05) is 59.2 Å². The van der Waals surface area contributed by atoms with Crippen molar-refractivity contribution in [2.24, 2.45) is 17.8 Å². The lowest BCUT2D eigenvalue weighted by molar-refractivity contribution is -0.789. The van der Waals surface area contributed by atoms with Gasteiger partial charge in [-0.05, 0) is 104 Å². The molecule has 8 nitrogen and oxygen atoms in total. The Morgan fingerprint density at radius 3 is 2.10 bits per heavy atom. The van der Waals surface area contributed by atoms with Gasteiger partial charge >= 0.3 is 0 Å². The first kappa shape index (κ1) is 30.8. The van der Waals surface area contributed by atoms with Crippen LogP contribution in [0.2, 0.25) is 0 Å². The second-order valence-electron chi connectivity index (χ2n) is 14.2. The van der Waals surface area contributed by atoms with Crippen LogP contribution in [0, 0.1) is 41.4 Å². The lowest BCUT2D eigenvalue weighted by Crippen LogP contribution is -2.53. The SMILES string of the molecule is C(#CC1CC1)c1ccc(-c2cn(C([C@H]3CCc4ccccc4O3)n3nc(-c4ccc(C#CC5CC5)cc4)c[n+]3CC3CCOCC3)nn2)cc1. The molecule has 0 radical (unpaired) electrons. The molecule has 0 amide bonds. The molecule has 1 saturated heterocycles. The van der Waals surface area contributed by atoms with E-state index in [4.69, 9.17) is 19.8 Å². The second-order valence-corrected chi connectivity index (χ2v) is 14.2. The van der Waals surface area contributed by atoms with E-state index in [1.165, 1.54) is 31.2 Å². The van der Waals surface area contributed by atoms with Crippen LogP contribution in [0.25, 0.3) is 22.5 Å². The van der Waals surface area contributed by atoms with Gasteiger partial charge in [-0.15, -0.1) is 5.10 Å². The maximum absolute atomic E-state index is 6.80. The average Bonchev–Trinajstić information content (AvgIpc) is 4.09. The van der Waals surface area contributed by atoms with Crippen LogP contribution < -0.4 is 9.42 Å². The first-order valence-corrected chi connectivity index (χ1v) is 18.2. The highest BCUT2D eigenvalue weighted by molar-refractivity contribution is 5.60. The van der Waals surface area contributed by atoms with Crippen LogP contribution in [0.3, 0.4) is 0 Å². The Morgan fingerprint density at radius 1 is 0.760 bits per heavy atom. The summed E-state index contributed by atoms with van der Waals surface area (Å²) in [5.41, 5.74) is 7.07. The summed E-state index contributed by atoms with van der Waals surface area (Å²) in [6, 6.07) is 25.2. The van der Waals surface area contributed by atoms with Gasteiger partial charge in [0.25, 0.3) is 0 Å². The van der Waals surface area contributed by atoms with E-state index in [1.54, 1.807) is 0 Å². The van der Waals surface area contributed by atoms with Gasteiger partial charge in [0.05, 0.1) is 11.3 Å². The van der Waals surface area contributed by atoms with Crippen molar-refractivity contribution in [3.63, 3.8) is 0 Å². The van der Waals surface area contributed by atoms with E-state index in [9.17, 15) is 0 Å². The van der Waals surface area contributed by atoms with E-state index < -0.39 is 0 Å². The first-order chi connectivity index (χ1) is 24.7. The maximum Gasteiger partial charge on any atom is 0.248 e. The van der Waals surface area contributed by atoms with Gasteiger partial charge in [0.15, 0.2) is 6.20 Å². The van der Waals surface area contributed by atoms with Crippen LogP contribution >= 0.6 is 0 Å². The quantitative estimate of drug-likeness (QED) is 0.147. The predicted molar refractivity (Wildman–Crippen MR) is 190 cm³/mol. The minimum atomic E-state index is -0.370. The molecule has 2 aromatic heterocycles. The molecule has 4 aliphatic rings. The third kappa shape index (κ3) is 6.95. The van der Waals surface area contributed by atoms with Gasteiger partial charge in [-0.3, -0.25) is 0 Å². The summed E-state index contributed by atoms with van der Waals surface area (Å²) in [6.45, 7) is 2.41. The van der Waals surface area contributed by atoms with Crippen molar-refractivity contribution < 1.29 is 14.2 Å². The molecule has 5 aromatic rings. The summed E-state index contributed by atoms with van der Waals surface area (Å²) in [4.78, 5) is 2.10. The molecule has 3 fully saturated rings. The molecule has 4 heterocycles. The standard InChI is InChI=1S/C42H41N6O2/c1-2-4-40-37(3-1)21-22-41(50-40)42(47-29-38(43-45-47)35-17-13-32(14-18-35)11-9-30-5-6-30)48-44-39(28-46(48)27-34-23-25-49-26-24-34)36-19-15-33(16-20-36)12-10-31-7-8-31/h1-4,13-20,28-31,34,41-42H,5-8,21-27H2/q+1/t41-,42?/m1/s1. The zero-order valence-electron chi connectivity index (χ0n) is 28.2. The zero-order chi connectivity index (χ0) is 33.3. The predicted octanol–water partition coefficient (Wildman–Crippen LogP) is 6.49. The molecule has 2 aliphatic heterocycles. The number of nitrogens with zero attached hydrogens (tertiary/aromatic N) is 6. The number of ether oxygens (including phenoxy) is 2. The Morgan fingerprint density at radius 2 is 1.42 bits per heavy atom. The van der Waals surface area contributed by atoms with Gasteiger partial charge in [0.1, 0.15) is 24.1 Å². The lowest BCUT2D eigenvalue weighted by atomic mass is 10.0. The van der Waals surface area contributed by atoms with E-state index in [0.29, 0.717) is 17.8 Å². The molecule has 0 bridgehead atoms. The molecule has 3 aromatic carbocycles. The van der Waals surface area contributed by atoms with E-state index in [1.807, 2.05) is 16.9 Å². The van der Waals surface area contributed by atoms with Gasteiger partial charge in [0, 0.05) is 53.2 Å². The lowest BCUT2D eigenvalue weighted by Gasteiger charge is -2.30. The topological polar surface area (TPSA) is 70.9 Å². The zero-order valence-corrected chi connectivity index (χ0v) is 28.2. The molecule has 2 aliphatic carbocycles. The molecule has 0 spiro atoms. The number of fused-ring (bicyclic) bond motifs is 1. The summed E-state index contributed by atoms with van der Waals surface area (Å²) in [5, 5.41) is 14.8. The summed E-state index contributed by atoms with van der Waals surface area (Å²) in [5.74, 6) is 15.9. The van der Waals surface area contributed by atoms with Gasteiger partial charge in [0.2, 0.25) is 11.9 Å². The average molecular weight is 662 g/mol. The summed E-state index contributed by atoms with van der Waals surface area (Å²) >= 11 is 0. The Balaban J connectivity index is 1.09. The highest BCUT2D eigenvalue weighted by Crippen LogP contribution is 2.33. The first-order valence-electron chi connectivity index (χ1n) is 18.2. The molecule has 2 atom stereocenters. The van der Waals surface area contributed by atoms with Crippen LogP contribution in [-0.4, -0.2) is 44.2 Å². The monoisotopic (exact) mass is 661 g/mol. The van der Waals surface area contributed by atoms with Crippen LogP contribution in [0.15, 0.2) is 85.2 Å². The maximum atomic E-state index is 6.80. The van der Waals surface area contributed by atoms with Crippen LogP contribution in [-0.2, 0) is 17.7 Å². The number of rotatable bonds is 7. The van der Waals surface area contributed by atoms with E-state index >= 15 is 0 Å². The molecular formula is C42H41N6O2+. The Bertz CT molecular complexity index is 2100. The fourth-order valence-electron chi connectivity index (χ4n) is 6.86. The fourth-order valence-corrected chi connectivity index (χ4v) is 6.86. The molecule has 250 valence electrons. The number of benzene rings is 3. The number of para-hydroxylation sites is 1. The van der Waals surface area contributed by atoms with E-state index in [0.717, 1.165) is 84.8 Å². The van der Waals surface area contributed by atoms with Crippen LogP contribution in [0.1, 0.15) is 67.8 Å². The van der Waals surface area contributed by atoms with Crippen molar-refractivity contribution >= 4 is 0 Å². The number of aromatic nitrogens is 6. The van der Waals surface area contributed by atoms with Gasteiger partial charge < -0.3 is 9.47 Å². The number of hydrogen-bond acceptors (Lipinski definition) is 5. The Kier molecular flexibility index (Phi) is 8.40. The summed E-state index contributed by atoms with van der Waals surface area (Å²) in [6.07, 6.45) is 12.3. The largest absolute Gasteiger partial charge is 0.486 e. The highest BCUT2D eigenvalue weighted by atomic mass is 16.5. The molecular weight excluding hydrogens is 621 g/mol. The fraction of sp³-hybridized carbons (Fsp3) is 0.381. The molecule has 50 heavy (non-hydrogen) atoms. The van der Waals surface area contributed by atoms with E-state index in [-0.39, 0.29) is 12.3 Å². The van der Waals surface area contributed by atoms with Crippen LogP contribution in [0.5, 0.6) is 5.75 Å². The van der Waals surface area contributed by atoms with Crippen molar-refractivity contribution in [2.75, 3.05) is 13.2 Å². The van der Waals surface area contributed by atoms with Gasteiger partial charge in [-0.25, -0.2) is 4.68 Å².